The molecule has 0 rings (SSSR count). The average molecular weight is 150 g/mol. The standard InChI is InChI=1S/Al.Li.Mg.OSi.3O/c;;;1-2;;;/q+3;+1;2*+2;3*-2. The fourth-order valence-corrected chi connectivity index (χ4v) is 0. The quantitative estimate of drug-likeness (QED) is 0.319. The van der Waals surface area contributed by atoms with Crippen LogP contribution < -0.4 is 18.9 Å². The summed E-state index contributed by atoms with van der Waals surface area (Å²) in [5.74, 6) is 0. The van der Waals surface area contributed by atoms with Gasteiger partial charge in [-0.1, -0.05) is 0 Å². The van der Waals surface area contributed by atoms with Crippen LogP contribution in [0, 0.1) is 0 Å². The maximum absolute atomic E-state index is 8.06. The van der Waals surface area contributed by atoms with Crippen molar-refractivity contribution in [1.82, 2.24) is 0 Å². The van der Waals surface area contributed by atoms with E-state index in [0.717, 1.165) is 0 Å². The van der Waals surface area contributed by atoms with Gasteiger partial charge in [0.25, 0.3) is 0 Å². The second-order valence-electron chi connectivity index (χ2n) is 0. The Hall–Kier alpha value is 1.79. The zero-order valence-corrected chi connectivity index (χ0v) is 7.99. The van der Waals surface area contributed by atoms with Crippen LogP contribution >= 0.6 is 0 Å². The van der Waals surface area contributed by atoms with Gasteiger partial charge in [0.1, 0.15) is 0 Å². The third kappa shape index (κ3) is 112. The molecule has 0 aromatic heterocycles. The topological polar surface area (TPSA) is 103 Å². The summed E-state index contributed by atoms with van der Waals surface area (Å²) in [6.45, 7) is 0. The monoisotopic (exact) mass is 150 g/mol. The molecule has 0 aromatic carbocycles. The van der Waals surface area contributed by atoms with Crippen molar-refractivity contribution in [2.45, 2.75) is 0 Å². The second kappa shape index (κ2) is 166. The van der Waals surface area contributed by atoms with Gasteiger partial charge in [0, 0.05) is 0 Å². The molecule has 8 heavy (non-hydrogen) atoms. The maximum atomic E-state index is 8.06. The van der Waals surface area contributed by atoms with Crippen LogP contribution in [-0.4, -0.2) is 50.5 Å². The molecule has 0 aliphatic carbocycles. The summed E-state index contributed by atoms with van der Waals surface area (Å²) < 4.78 is 8.06. The molecule has 0 unspecified atom stereocenters. The van der Waals surface area contributed by atoms with Gasteiger partial charge in [0.15, 0.2) is 0 Å². The van der Waals surface area contributed by atoms with E-state index in [9.17, 15) is 0 Å². The molecule has 0 saturated carbocycles. The molecule has 0 spiro atoms. The minimum Gasteiger partial charge on any atom is -2.00 e. The van der Waals surface area contributed by atoms with Crippen LogP contribution in [0.15, 0.2) is 0 Å². The van der Waals surface area contributed by atoms with E-state index in [1.807, 2.05) is 0 Å². The van der Waals surface area contributed by atoms with Gasteiger partial charge in [-0.2, -0.15) is 0 Å². The molecule has 0 radical (unpaired) electrons. The van der Waals surface area contributed by atoms with Crippen molar-refractivity contribution in [2.75, 3.05) is 0 Å². The molecule has 0 bridgehead atoms. The molecule has 0 saturated heterocycles. The minimum absolute atomic E-state index is 0. The van der Waals surface area contributed by atoms with E-state index >= 15 is 0 Å². The molecule has 0 N–H and O–H groups in total. The van der Waals surface area contributed by atoms with Crippen molar-refractivity contribution in [3.8, 4) is 0 Å². The first-order valence-corrected chi connectivity index (χ1v) is 0.612. The number of hydrogen-bond acceptors (Lipinski definition) is 1. The van der Waals surface area contributed by atoms with Gasteiger partial charge >= 0.3 is 73.9 Å². The van der Waals surface area contributed by atoms with Crippen molar-refractivity contribution in [3.63, 3.8) is 0 Å². The van der Waals surface area contributed by atoms with Crippen LogP contribution in [0.4, 0.5) is 0 Å². The summed E-state index contributed by atoms with van der Waals surface area (Å²) in [6, 6.07) is 0. The van der Waals surface area contributed by atoms with E-state index in [0.29, 0.717) is 0 Å². The maximum Gasteiger partial charge on any atom is 3.00 e. The fraction of sp³-hybridized carbons (Fsp3) is 0. The Morgan fingerprint density at radius 2 is 0.875 bits per heavy atom. The third-order valence-electron chi connectivity index (χ3n) is 0. The van der Waals surface area contributed by atoms with Gasteiger partial charge in [0.2, 0.25) is 0 Å². The van der Waals surface area contributed by atoms with Crippen LogP contribution in [-0.2, 0) is 20.9 Å². The average Bonchev–Trinajstić information content (AvgIpc) is 1.00. The normalized spacial score (nSPS) is 0.750. The molecular weight excluding hydrogens is 150 g/mol. The van der Waals surface area contributed by atoms with Crippen LogP contribution in [0.1, 0.15) is 0 Å². The molecule has 0 aliphatic rings. The Morgan fingerprint density at radius 3 is 0.875 bits per heavy atom. The van der Waals surface area contributed by atoms with E-state index in [1.54, 1.807) is 10.1 Å². The van der Waals surface area contributed by atoms with E-state index in [1.165, 1.54) is 0 Å². The van der Waals surface area contributed by atoms with Gasteiger partial charge in [0.05, 0.1) is 0 Å². The van der Waals surface area contributed by atoms with Gasteiger partial charge in [-0.3, -0.25) is 0 Å². The molecule has 0 aromatic rings. The largest absolute Gasteiger partial charge is 3.00 e. The van der Waals surface area contributed by atoms with E-state index in [-0.39, 0.29) is 75.7 Å². The molecule has 8 heteroatoms. The van der Waals surface area contributed by atoms with Gasteiger partial charge in [-0.05, 0) is 0 Å². The summed E-state index contributed by atoms with van der Waals surface area (Å²) in [5.41, 5.74) is 0. The first-order valence-electron chi connectivity index (χ1n) is 0.204. The molecule has 0 atom stereocenters. The summed E-state index contributed by atoms with van der Waals surface area (Å²) in [7, 11) is 1.72. The Balaban J connectivity index is -0.000000000333. The number of hydrogen-bond donors (Lipinski definition) is 0. The van der Waals surface area contributed by atoms with Gasteiger partial charge < -0.3 is 16.4 Å². The minimum atomic E-state index is 0. The van der Waals surface area contributed by atoms with Crippen molar-refractivity contribution in [1.29, 1.82) is 0 Å². The first-order chi connectivity index (χ1) is 1.00. The molecule has 0 amide bonds. The van der Waals surface area contributed by atoms with Crippen molar-refractivity contribution in [2.24, 2.45) is 0 Å². The van der Waals surface area contributed by atoms with Crippen LogP contribution in [0.2, 0.25) is 0 Å². The molecule has 0 heterocycles. The smallest absolute Gasteiger partial charge is 2.00 e. The SMILES string of the molecule is O=[Si+2].[Al+3].[Li+].[Mg+2].[O-2].[O-2].[O-2]. The molecule has 0 fully saturated rings. The van der Waals surface area contributed by atoms with E-state index in [4.69, 9.17) is 4.46 Å². The summed E-state index contributed by atoms with van der Waals surface area (Å²) in [6.07, 6.45) is 0. The summed E-state index contributed by atoms with van der Waals surface area (Å²) in [5, 5.41) is 0. The predicted molar refractivity (Wildman–Crippen MR) is 20.0 cm³/mol. The predicted octanol–water partition coefficient (Wildman–Crippen LogP) is -4.61. The molecule has 0 aliphatic heterocycles. The van der Waals surface area contributed by atoms with Crippen molar-refractivity contribution >= 4 is 50.5 Å². The van der Waals surface area contributed by atoms with E-state index in [2.05, 4.69) is 0 Å². The van der Waals surface area contributed by atoms with Crippen molar-refractivity contribution < 1.29 is 39.8 Å². The van der Waals surface area contributed by atoms with Gasteiger partial charge in [-0.15, -0.1) is 0 Å². The van der Waals surface area contributed by atoms with Crippen LogP contribution in [0.25, 0.3) is 0 Å². The molecule has 4 nitrogen and oxygen atoms in total. The van der Waals surface area contributed by atoms with Crippen molar-refractivity contribution in [3.05, 3.63) is 0 Å². The van der Waals surface area contributed by atoms with Crippen LogP contribution in [0.3, 0.4) is 0 Å². The van der Waals surface area contributed by atoms with Gasteiger partial charge in [-0.25, -0.2) is 0 Å². The zero-order chi connectivity index (χ0) is 2.00. The Morgan fingerprint density at radius 1 is 0.875 bits per heavy atom. The first kappa shape index (κ1) is 97.1. The van der Waals surface area contributed by atoms with Crippen LogP contribution in [0.5, 0.6) is 0 Å². The Bertz CT molecular complexity index is 16.0. The second-order valence-corrected chi connectivity index (χ2v) is 0. The summed E-state index contributed by atoms with van der Waals surface area (Å²) in [4.78, 5) is 0. The third-order valence-corrected chi connectivity index (χ3v) is 0. The van der Waals surface area contributed by atoms with E-state index < -0.39 is 0 Å². The number of rotatable bonds is 0. The molecular formula is AlLiMgO4Si+2. The Kier molecular flexibility index (Phi) is 2020. The fourth-order valence-electron chi connectivity index (χ4n) is 0. The summed E-state index contributed by atoms with van der Waals surface area (Å²) >= 11 is 0. The Labute approximate surface area is 89.7 Å². The zero-order valence-electron chi connectivity index (χ0n) is 4.42. The molecule has 32 valence electrons.